The van der Waals surface area contributed by atoms with Gasteiger partial charge in [-0.3, -0.25) is 14.6 Å². The Morgan fingerprint density at radius 3 is 2.50 bits per heavy atom. The average molecular weight is 278 g/mol. The topological polar surface area (TPSA) is 59.5 Å². The van der Waals surface area contributed by atoms with Crippen LogP contribution in [-0.2, 0) is 20.9 Å². The molecule has 1 aromatic heterocycles. The summed E-state index contributed by atoms with van der Waals surface area (Å²) in [6, 6.07) is 5.57. The van der Waals surface area contributed by atoms with E-state index in [1.54, 1.807) is 18.0 Å². The van der Waals surface area contributed by atoms with Gasteiger partial charge in [0.1, 0.15) is 0 Å². The second-order valence-electron chi connectivity index (χ2n) is 5.12. The molecule has 0 saturated carbocycles. The van der Waals surface area contributed by atoms with Crippen molar-refractivity contribution in [2.75, 3.05) is 13.7 Å². The number of carbonyl (C=O) groups is 2. The number of esters is 1. The Hall–Kier alpha value is -1.91. The quantitative estimate of drug-likeness (QED) is 0.745. The minimum Gasteiger partial charge on any atom is -0.469 e. The van der Waals surface area contributed by atoms with Gasteiger partial charge in [-0.15, -0.1) is 0 Å². The number of methoxy groups -OCH3 is 1. The molecule has 0 radical (unpaired) electrons. The molecule has 5 heteroatoms. The van der Waals surface area contributed by atoms with Gasteiger partial charge in [0.25, 0.3) is 0 Å². The first-order valence-electron chi connectivity index (χ1n) is 6.72. The first kappa shape index (κ1) is 16.1. The van der Waals surface area contributed by atoms with Crippen LogP contribution in [0.3, 0.4) is 0 Å². The van der Waals surface area contributed by atoms with E-state index in [0.717, 1.165) is 5.69 Å². The second kappa shape index (κ2) is 7.62. The smallest absolute Gasteiger partial charge is 0.310 e. The van der Waals surface area contributed by atoms with Crippen LogP contribution in [0.2, 0.25) is 0 Å². The Bertz CT molecular complexity index is 446. The van der Waals surface area contributed by atoms with Crippen LogP contribution in [0, 0.1) is 11.8 Å². The van der Waals surface area contributed by atoms with Crippen molar-refractivity contribution < 1.29 is 14.3 Å². The van der Waals surface area contributed by atoms with E-state index in [1.165, 1.54) is 7.11 Å². The van der Waals surface area contributed by atoms with E-state index in [0.29, 0.717) is 13.1 Å². The molecule has 20 heavy (non-hydrogen) atoms. The van der Waals surface area contributed by atoms with E-state index in [1.807, 2.05) is 32.0 Å². The number of carbonyl (C=O) groups excluding carboxylic acids is 2. The molecule has 0 aliphatic rings. The summed E-state index contributed by atoms with van der Waals surface area (Å²) in [6.07, 6.45) is 1.69. The molecular formula is C15H22N2O3. The molecule has 1 heterocycles. The van der Waals surface area contributed by atoms with Crippen molar-refractivity contribution in [3.05, 3.63) is 30.1 Å². The fraction of sp³-hybridized carbons (Fsp3) is 0.533. The van der Waals surface area contributed by atoms with Gasteiger partial charge in [-0.05, 0) is 12.1 Å². The molecule has 110 valence electrons. The first-order chi connectivity index (χ1) is 9.45. The van der Waals surface area contributed by atoms with Crippen LogP contribution >= 0.6 is 0 Å². The van der Waals surface area contributed by atoms with Crippen LogP contribution < -0.4 is 0 Å². The molecule has 1 rings (SSSR count). The highest BCUT2D eigenvalue weighted by Crippen LogP contribution is 2.11. The molecule has 1 unspecified atom stereocenters. The van der Waals surface area contributed by atoms with E-state index in [4.69, 9.17) is 4.74 Å². The number of amides is 1. The average Bonchev–Trinajstić information content (AvgIpc) is 2.45. The zero-order valence-corrected chi connectivity index (χ0v) is 12.5. The maximum atomic E-state index is 12.2. The van der Waals surface area contributed by atoms with Crippen molar-refractivity contribution in [2.24, 2.45) is 11.8 Å². The number of hydrogen-bond acceptors (Lipinski definition) is 4. The number of hydrogen-bond donors (Lipinski definition) is 0. The van der Waals surface area contributed by atoms with Gasteiger partial charge < -0.3 is 9.64 Å². The van der Waals surface area contributed by atoms with Crippen LogP contribution in [0.5, 0.6) is 0 Å². The maximum absolute atomic E-state index is 12.2. The highest BCUT2D eigenvalue weighted by Gasteiger charge is 2.23. The number of ether oxygens (including phenoxy) is 1. The first-order valence-corrected chi connectivity index (χ1v) is 6.72. The summed E-state index contributed by atoms with van der Waals surface area (Å²) in [4.78, 5) is 29.6. The van der Waals surface area contributed by atoms with Gasteiger partial charge in [0.05, 0.1) is 25.3 Å². The SMILES string of the molecule is COC(=O)C(C)CN(Cc1ccccn1)C(=O)C(C)C. The molecule has 0 N–H and O–H groups in total. The fourth-order valence-corrected chi connectivity index (χ4v) is 1.89. The highest BCUT2D eigenvalue weighted by atomic mass is 16.5. The Balaban J connectivity index is 2.80. The van der Waals surface area contributed by atoms with Crippen LogP contribution in [0.15, 0.2) is 24.4 Å². The Kier molecular flexibility index (Phi) is 6.15. The van der Waals surface area contributed by atoms with Crippen molar-refractivity contribution in [1.82, 2.24) is 9.88 Å². The summed E-state index contributed by atoms with van der Waals surface area (Å²) in [6.45, 7) is 6.18. The van der Waals surface area contributed by atoms with E-state index >= 15 is 0 Å². The zero-order chi connectivity index (χ0) is 15.1. The largest absolute Gasteiger partial charge is 0.469 e. The fourth-order valence-electron chi connectivity index (χ4n) is 1.89. The van der Waals surface area contributed by atoms with Crippen molar-refractivity contribution in [2.45, 2.75) is 27.3 Å². The Labute approximate surface area is 119 Å². The number of aromatic nitrogens is 1. The monoisotopic (exact) mass is 278 g/mol. The van der Waals surface area contributed by atoms with Gasteiger partial charge >= 0.3 is 5.97 Å². The predicted octanol–water partition coefficient (Wildman–Crippen LogP) is 1.88. The summed E-state index contributed by atoms with van der Waals surface area (Å²) in [7, 11) is 1.35. The third-order valence-corrected chi connectivity index (χ3v) is 2.98. The molecule has 0 fully saturated rings. The highest BCUT2D eigenvalue weighted by molar-refractivity contribution is 5.79. The summed E-state index contributed by atoms with van der Waals surface area (Å²) >= 11 is 0. The molecule has 5 nitrogen and oxygen atoms in total. The normalized spacial score (nSPS) is 12.1. The second-order valence-corrected chi connectivity index (χ2v) is 5.12. The Morgan fingerprint density at radius 1 is 1.30 bits per heavy atom. The lowest BCUT2D eigenvalue weighted by molar-refractivity contribution is -0.147. The molecular weight excluding hydrogens is 256 g/mol. The molecule has 0 bridgehead atoms. The summed E-state index contributed by atoms with van der Waals surface area (Å²) < 4.78 is 4.71. The van der Waals surface area contributed by atoms with Crippen LogP contribution in [0.4, 0.5) is 0 Å². The van der Waals surface area contributed by atoms with Gasteiger partial charge in [0, 0.05) is 18.7 Å². The lowest BCUT2D eigenvalue weighted by atomic mass is 10.1. The minimum atomic E-state index is -0.355. The molecule has 0 aliphatic heterocycles. The van der Waals surface area contributed by atoms with Crippen molar-refractivity contribution in [3.63, 3.8) is 0 Å². The van der Waals surface area contributed by atoms with Gasteiger partial charge in [-0.1, -0.05) is 26.8 Å². The van der Waals surface area contributed by atoms with Crippen LogP contribution in [0.25, 0.3) is 0 Å². The van der Waals surface area contributed by atoms with E-state index in [-0.39, 0.29) is 23.7 Å². The summed E-state index contributed by atoms with van der Waals surface area (Å²) in [5, 5.41) is 0. The summed E-state index contributed by atoms with van der Waals surface area (Å²) in [5.74, 6) is -0.783. The molecule has 0 aromatic carbocycles. The van der Waals surface area contributed by atoms with Crippen molar-refractivity contribution in [1.29, 1.82) is 0 Å². The third kappa shape index (κ3) is 4.64. The Morgan fingerprint density at radius 2 is 2.00 bits per heavy atom. The molecule has 0 aliphatic carbocycles. The van der Waals surface area contributed by atoms with Crippen LogP contribution in [0.1, 0.15) is 26.5 Å². The molecule has 1 atom stereocenters. The van der Waals surface area contributed by atoms with Gasteiger partial charge in [0.2, 0.25) is 5.91 Å². The minimum absolute atomic E-state index is 0.00593. The summed E-state index contributed by atoms with van der Waals surface area (Å²) in [5.41, 5.74) is 0.804. The van der Waals surface area contributed by atoms with Gasteiger partial charge in [-0.25, -0.2) is 0 Å². The van der Waals surface area contributed by atoms with Gasteiger partial charge in [0.15, 0.2) is 0 Å². The lowest BCUT2D eigenvalue weighted by Gasteiger charge is -2.26. The standard InChI is InChI=1S/C15H22N2O3/c1-11(2)14(18)17(9-12(3)15(19)20-4)10-13-7-5-6-8-16-13/h5-8,11-12H,9-10H2,1-4H3. The van der Waals surface area contributed by atoms with Gasteiger partial charge in [-0.2, -0.15) is 0 Å². The molecule has 1 amide bonds. The van der Waals surface area contributed by atoms with Crippen molar-refractivity contribution in [3.8, 4) is 0 Å². The lowest BCUT2D eigenvalue weighted by Crippen LogP contribution is -2.39. The van der Waals surface area contributed by atoms with E-state index in [9.17, 15) is 9.59 Å². The van der Waals surface area contributed by atoms with E-state index in [2.05, 4.69) is 4.98 Å². The van der Waals surface area contributed by atoms with Crippen molar-refractivity contribution >= 4 is 11.9 Å². The number of rotatable bonds is 6. The van der Waals surface area contributed by atoms with E-state index < -0.39 is 0 Å². The zero-order valence-electron chi connectivity index (χ0n) is 12.5. The molecule has 0 saturated heterocycles. The predicted molar refractivity (Wildman–Crippen MR) is 75.7 cm³/mol. The molecule has 0 spiro atoms. The maximum Gasteiger partial charge on any atom is 0.310 e. The molecule has 1 aromatic rings. The number of pyridine rings is 1. The third-order valence-electron chi connectivity index (χ3n) is 2.98. The van der Waals surface area contributed by atoms with Crippen LogP contribution in [-0.4, -0.2) is 35.4 Å². The number of nitrogens with zero attached hydrogens (tertiary/aromatic N) is 2.